The molecule has 4 rings (SSSR count). The molecule has 1 aliphatic carbocycles. The van der Waals surface area contributed by atoms with E-state index in [4.69, 9.17) is 15.2 Å². The molecule has 2 aromatic rings. The number of carbonyl (C=O) groups excluding carboxylic acids is 1. The van der Waals surface area contributed by atoms with Crippen molar-refractivity contribution in [3.63, 3.8) is 0 Å². The number of nitrogens with zero attached hydrogens (tertiary/aromatic N) is 3. The van der Waals surface area contributed by atoms with E-state index in [1.807, 2.05) is 18.2 Å². The minimum Gasteiger partial charge on any atom is -0.494 e. The van der Waals surface area contributed by atoms with E-state index in [0.29, 0.717) is 24.0 Å². The van der Waals surface area contributed by atoms with Crippen LogP contribution in [0.1, 0.15) is 48.8 Å². The average Bonchev–Trinajstić information content (AvgIpc) is 3.52. The summed E-state index contributed by atoms with van der Waals surface area (Å²) in [7, 11) is 1.58. The topological polar surface area (TPSA) is 103 Å². The largest absolute Gasteiger partial charge is 0.494 e. The number of nitrogen functional groups attached to an aromatic ring is 1. The summed E-state index contributed by atoms with van der Waals surface area (Å²) in [6.07, 6.45) is 3.66. The van der Waals surface area contributed by atoms with Crippen LogP contribution >= 0.6 is 0 Å². The van der Waals surface area contributed by atoms with Gasteiger partial charge in [-0.3, -0.25) is 4.79 Å². The molecular weight excluding hydrogens is 370 g/mol. The van der Waals surface area contributed by atoms with Gasteiger partial charge in [-0.05, 0) is 38.8 Å². The van der Waals surface area contributed by atoms with Gasteiger partial charge in [-0.1, -0.05) is 0 Å². The quantitative estimate of drug-likeness (QED) is 0.800. The number of ether oxygens (including phenoxy) is 2. The molecular formula is C21H27N5O3. The lowest BCUT2D eigenvalue weighted by molar-refractivity contribution is -0.0277. The third-order valence-corrected chi connectivity index (χ3v) is 5.25. The highest BCUT2D eigenvalue weighted by Gasteiger charge is 2.29. The number of rotatable bonds is 5. The molecule has 29 heavy (non-hydrogen) atoms. The van der Waals surface area contributed by atoms with E-state index in [0.717, 1.165) is 37.4 Å². The number of hydrogen-bond acceptors (Lipinski definition) is 7. The van der Waals surface area contributed by atoms with Gasteiger partial charge in [0.1, 0.15) is 23.0 Å². The van der Waals surface area contributed by atoms with Gasteiger partial charge in [0.25, 0.3) is 5.91 Å². The van der Waals surface area contributed by atoms with Gasteiger partial charge >= 0.3 is 0 Å². The van der Waals surface area contributed by atoms with Gasteiger partial charge in [0.2, 0.25) is 0 Å². The number of anilines is 3. The highest BCUT2D eigenvalue weighted by atomic mass is 16.5. The zero-order chi connectivity index (χ0) is 20.6. The molecule has 0 unspecified atom stereocenters. The lowest BCUT2D eigenvalue weighted by Gasteiger charge is -2.39. The number of carbonyl (C=O) groups is 1. The van der Waals surface area contributed by atoms with Crippen LogP contribution in [-0.2, 0) is 4.74 Å². The number of methoxy groups -OCH3 is 1. The molecule has 8 nitrogen and oxygen atoms in total. The van der Waals surface area contributed by atoms with Gasteiger partial charge in [-0.2, -0.15) is 0 Å². The third-order valence-electron chi connectivity index (χ3n) is 5.25. The lowest BCUT2D eigenvalue weighted by Crippen LogP contribution is -2.48. The second-order valence-corrected chi connectivity index (χ2v) is 8.17. The zero-order valence-corrected chi connectivity index (χ0v) is 17.1. The van der Waals surface area contributed by atoms with Crippen molar-refractivity contribution in [3.05, 3.63) is 35.8 Å². The maximum Gasteiger partial charge on any atom is 0.261 e. The molecule has 1 saturated heterocycles. The zero-order valence-electron chi connectivity index (χ0n) is 17.1. The van der Waals surface area contributed by atoms with E-state index < -0.39 is 0 Å². The molecule has 8 heteroatoms. The Balaban J connectivity index is 1.52. The first-order valence-corrected chi connectivity index (χ1v) is 9.87. The molecule has 3 N–H and O–H groups in total. The molecule has 1 saturated carbocycles. The molecule has 0 spiro atoms. The number of amides is 1. The number of nitrogens with one attached hydrogen (secondary N) is 1. The molecule has 2 fully saturated rings. The maximum absolute atomic E-state index is 12.7. The predicted octanol–water partition coefficient (Wildman–Crippen LogP) is 2.81. The van der Waals surface area contributed by atoms with Crippen molar-refractivity contribution in [2.24, 2.45) is 0 Å². The summed E-state index contributed by atoms with van der Waals surface area (Å²) in [4.78, 5) is 23.5. The fourth-order valence-electron chi connectivity index (χ4n) is 3.53. The monoisotopic (exact) mass is 397 g/mol. The lowest BCUT2D eigenvalue weighted by atomic mass is 10.1. The highest BCUT2D eigenvalue weighted by molar-refractivity contribution is 6.07. The van der Waals surface area contributed by atoms with Crippen LogP contribution in [0.4, 0.5) is 17.2 Å². The minimum atomic E-state index is -0.358. The number of aromatic nitrogens is 2. The summed E-state index contributed by atoms with van der Waals surface area (Å²) in [5.41, 5.74) is 7.64. The standard InChI is InChI=1S/C21H27N5O3/c1-21(2)12-26(8-9-29-21)14-6-7-16(17(10-14)28-3)24-20(27)15-11-23-19(13-4-5-13)25-18(15)22/h6-7,10-11,13H,4-5,8-9,12H2,1-3H3,(H,24,27)(H2,22,23,25). The van der Waals surface area contributed by atoms with Gasteiger partial charge < -0.3 is 25.4 Å². The molecule has 154 valence electrons. The molecule has 0 radical (unpaired) electrons. The third kappa shape index (κ3) is 4.27. The Labute approximate surface area is 170 Å². The van der Waals surface area contributed by atoms with Gasteiger partial charge in [0, 0.05) is 37.0 Å². The van der Waals surface area contributed by atoms with Crippen molar-refractivity contribution in [2.75, 3.05) is 42.8 Å². The summed E-state index contributed by atoms with van der Waals surface area (Å²) < 4.78 is 11.3. The first kappa shape index (κ1) is 19.4. The van der Waals surface area contributed by atoms with E-state index in [2.05, 4.69) is 34.0 Å². The second-order valence-electron chi connectivity index (χ2n) is 8.17. The van der Waals surface area contributed by atoms with E-state index in [1.54, 1.807) is 7.11 Å². The van der Waals surface area contributed by atoms with Crippen LogP contribution in [0.2, 0.25) is 0 Å². The van der Waals surface area contributed by atoms with Crippen LogP contribution < -0.4 is 20.7 Å². The Morgan fingerprint density at radius 2 is 2.17 bits per heavy atom. The Bertz CT molecular complexity index is 927. The van der Waals surface area contributed by atoms with E-state index in [1.165, 1.54) is 6.20 Å². The average molecular weight is 397 g/mol. The summed E-state index contributed by atoms with van der Waals surface area (Å²) in [5.74, 6) is 1.52. The van der Waals surface area contributed by atoms with Crippen molar-refractivity contribution in [2.45, 2.75) is 38.2 Å². The fourth-order valence-corrected chi connectivity index (χ4v) is 3.53. The van der Waals surface area contributed by atoms with Crippen molar-refractivity contribution >= 4 is 23.1 Å². The molecule has 0 atom stereocenters. The van der Waals surface area contributed by atoms with E-state index >= 15 is 0 Å². The number of benzene rings is 1. The van der Waals surface area contributed by atoms with Crippen molar-refractivity contribution < 1.29 is 14.3 Å². The maximum atomic E-state index is 12.7. The van der Waals surface area contributed by atoms with Gasteiger partial charge in [0.15, 0.2) is 0 Å². The molecule has 0 bridgehead atoms. The molecule has 1 amide bonds. The molecule has 2 heterocycles. The normalized spacial score (nSPS) is 18.4. The smallest absolute Gasteiger partial charge is 0.261 e. The van der Waals surface area contributed by atoms with Crippen LogP contribution in [0.3, 0.4) is 0 Å². The van der Waals surface area contributed by atoms with Crippen LogP contribution in [-0.4, -0.2) is 48.3 Å². The van der Waals surface area contributed by atoms with Crippen LogP contribution in [0, 0.1) is 0 Å². The van der Waals surface area contributed by atoms with Crippen LogP contribution in [0.25, 0.3) is 0 Å². The molecule has 2 aliphatic rings. The van der Waals surface area contributed by atoms with Gasteiger partial charge in [-0.25, -0.2) is 9.97 Å². The highest BCUT2D eigenvalue weighted by Crippen LogP contribution is 2.38. The van der Waals surface area contributed by atoms with Gasteiger partial charge in [0.05, 0.1) is 25.0 Å². The van der Waals surface area contributed by atoms with Crippen molar-refractivity contribution in [1.82, 2.24) is 9.97 Å². The fraction of sp³-hybridized carbons (Fsp3) is 0.476. The number of morpholine rings is 1. The van der Waals surface area contributed by atoms with E-state index in [-0.39, 0.29) is 22.9 Å². The van der Waals surface area contributed by atoms with Crippen molar-refractivity contribution in [1.29, 1.82) is 0 Å². The SMILES string of the molecule is COc1cc(N2CCOC(C)(C)C2)ccc1NC(=O)c1cnc(C2CC2)nc1N. The van der Waals surface area contributed by atoms with Crippen LogP contribution in [0.15, 0.2) is 24.4 Å². The Morgan fingerprint density at radius 1 is 1.38 bits per heavy atom. The Morgan fingerprint density at radius 3 is 2.83 bits per heavy atom. The first-order chi connectivity index (χ1) is 13.9. The Hall–Kier alpha value is -2.87. The molecule has 1 aliphatic heterocycles. The first-order valence-electron chi connectivity index (χ1n) is 9.87. The van der Waals surface area contributed by atoms with Gasteiger partial charge in [-0.15, -0.1) is 0 Å². The van der Waals surface area contributed by atoms with Crippen molar-refractivity contribution in [3.8, 4) is 5.75 Å². The molecule has 1 aromatic carbocycles. The summed E-state index contributed by atoms with van der Waals surface area (Å²) in [5, 5.41) is 2.86. The summed E-state index contributed by atoms with van der Waals surface area (Å²) in [6, 6.07) is 5.73. The Kier molecular flexibility index (Phi) is 5.04. The number of hydrogen-bond donors (Lipinski definition) is 2. The van der Waals surface area contributed by atoms with E-state index in [9.17, 15) is 4.79 Å². The van der Waals surface area contributed by atoms with Crippen LogP contribution in [0.5, 0.6) is 5.75 Å². The second kappa shape index (κ2) is 7.51. The molecule has 1 aromatic heterocycles. The summed E-state index contributed by atoms with van der Waals surface area (Å²) >= 11 is 0. The minimum absolute atomic E-state index is 0.200. The predicted molar refractivity (Wildman–Crippen MR) is 112 cm³/mol. The summed E-state index contributed by atoms with van der Waals surface area (Å²) in [6.45, 7) is 6.41. The number of nitrogens with two attached hydrogens (primary N) is 1.